The second-order valence-corrected chi connectivity index (χ2v) is 5.73. The summed E-state index contributed by atoms with van der Waals surface area (Å²) in [6.07, 6.45) is 2.40. The van der Waals surface area contributed by atoms with E-state index in [0.29, 0.717) is 0 Å². The Balaban J connectivity index is 1.88. The van der Waals surface area contributed by atoms with E-state index >= 15 is 0 Å². The maximum absolute atomic E-state index is 3.55. The van der Waals surface area contributed by atoms with Crippen molar-refractivity contribution in [3.05, 3.63) is 42.5 Å². The van der Waals surface area contributed by atoms with E-state index in [1.165, 1.54) is 40.3 Å². The third-order valence-corrected chi connectivity index (χ3v) is 4.27. The van der Waals surface area contributed by atoms with Crippen molar-refractivity contribution in [2.45, 2.75) is 26.3 Å². The van der Waals surface area contributed by atoms with E-state index in [1.54, 1.807) is 0 Å². The first-order chi connectivity index (χ1) is 10.8. The van der Waals surface area contributed by atoms with Crippen LogP contribution >= 0.6 is 0 Å². The van der Waals surface area contributed by atoms with Crippen molar-refractivity contribution in [2.75, 3.05) is 25.5 Å². The van der Waals surface area contributed by atoms with Crippen molar-refractivity contribution in [1.29, 1.82) is 0 Å². The maximum atomic E-state index is 3.55. The molecule has 0 aliphatic carbocycles. The van der Waals surface area contributed by atoms with Crippen LogP contribution in [-0.2, 0) is 6.54 Å². The number of aryl methyl sites for hydroxylation is 1. The molecule has 0 aliphatic rings. The van der Waals surface area contributed by atoms with E-state index in [2.05, 4.69) is 64.6 Å². The highest BCUT2D eigenvalue weighted by atomic mass is 15.0. The third kappa shape index (κ3) is 2.81. The van der Waals surface area contributed by atoms with Crippen LogP contribution in [0.1, 0.15) is 19.8 Å². The summed E-state index contributed by atoms with van der Waals surface area (Å²) in [5.41, 5.74) is 3.87. The fourth-order valence-corrected chi connectivity index (χ4v) is 3.16. The molecule has 3 nitrogen and oxygen atoms in total. The van der Waals surface area contributed by atoms with E-state index in [1.807, 2.05) is 7.05 Å². The van der Waals surface area contributed by atoms with E-state index in [-0.39, 0.29) is 0 Å². The summed E-state index contributed by atoms with van der Waals surface area (Å²) in [7, 11) is 2.00. The number of hydrogen-bond acceptors (Lipinski definition) is 2. The Labute approximate surface area is 132 Å². The smallest absolute Gasteiger partial charge is 0.0492 e. The highest BCUT2D eigenvalue weighted by Crippen LogP contribution is 2.30. The highest BCUT2D eigenvalue weighted by Gasteiger charge is 2.09. The van der Waals surface area contributed by atoms with Crippen LogP contribution in [0.3, 0.4) is 0 Å². The Hall–Kier alpha value is -2.00. The summed E-state index contributed by atoms with van der Waals surface area (Å²) < 4.78 is 2.39. The number of para-hydroxylation sites is 1. The number of aromatic nitrogens is 1. The number of benzene rings is 2. The molecule has 0 fully saturated rings. The first kappa shape index (κ1) is 14.9. The zero-order chi connectivity index (χ0) is 15.4. The van der Waals surface area contributed by atoms with E-state index in [0.717, 1.165) is 19.6 Å². The van der Waals surface area contributed by atoms with Crippen molar-refractivity contribution >= 4 is 27.5 Å². The predicted octanol–water partition coefficient (Wildman–Crippen LogP) is 4.23. The molecule has 0 spiro atoms. The van der Waals surface area contributed by atoms with Gasteiger partial charge >= 0.3 is 0 Å². The molecule has 3 aromatic rings. The number of nitrogens with zero attached hydrogens (tertiary/aromatic N) is 1. The number of hydrogen-bond donors (Lipinski definition) is 2. The molecule has 0 amide bonds. The van der Waals surface area contributed by atoms with Gasteiger partial charge in [-0.2, -0.15) is 0 Å². The third-order valence-electron chi connectivity index (χ3n) is 4.27. The lowest BCUT2D eigenvalue weighted by Gasteiger charge is -2.07. The second-order valence-electron chi connectivity index (χ2n) is 5.73. The molecule has 3 rings (SSSR count). The van der Waals surface area contributed by atoms with Crippen LogP contribution in [0.25, 0.3) is 21.8 Å². The van der Waals surface area contributed by atoms with Crippen LogP contribution in [0.4, 0.5) is 5.69 Å². The van der Waals surface area contributed by atoms with Gasteiger partial charge in [0.1, 0.15) is 0 Å². The summed E-state index contributed by atoms with van der Waals surface area (Å²) in [4.78, 5) is 0. The second kappa shape index (κ2) is 6.84. The van der Waals surface area contributed by atoms with Gasteiger partial charge < -0.3 is 15.2 Å². The molecule has 2 N–H and O–H groups in total. The summed E-state index contributed by atoms with van der Waals surface area (Å²) in [6.45, 7) is 5.32. The molecular formula is C19H25N3. The molecule has 0 atom stereocenters. The quantitative estimate of drug-likeness (QED) is 0.639. The first-order valence-electron chi connectivity index (χ1n) is 8.24. The van der Waals surface area contributed by atoms with Gasteiger partial charge in [-0.05, 0) is 57.6 Å². The molecular weight excluding hydrogens is 270 g/mol. The summed E-state index contributed by atoms with van der Waals surface area (Å²) >= 11 is 0. The Kier molecular flexibility index (Phi) is 4.64. The summed E-state index contributed by atoms with van der Waals surface area (Å²) in [6, 6.07) is 15.4. The Morgan fingerprint density at radius 1 is 0.909 bits per heavy atom. The lowest BCUT2D eigenvalue weighted by molar-refractivity contribution is 0.694. The van der Waals surface area contributed by atoms with Crippen molar-refractivity contribution in [1.82, 2.24) is 9.88 Å². The van der Waals surface area contributed by atoms with E-state index in [9.17, 15) is 0 Å². The SMILES string of the molecule is CCn1c2ccccc2c2cc(NCCCCNC)ccc21. The lowest BCUT2D eigenvalue weighted by Crippen LogP contribution is -2.10. The van der Waals surface area contributed by atoms with Crippen LogP contribution in [0.2, 0.25) is 0 Å². The van der Waals surface area contributed by atoms with Gasteiger partial charge in [0.15, 0.2) is 0 Å². The predicted molar refractivity (Wildman–Crippen MR) is 96.8 cm³/mol. The highest BCUT2D eigenvalue weighted by molar-refractivity contribution is 6.09. The molecule has 22 heavy (non-hydrogen) atoms. The van der Waals surface area contributed by atoms with Crippen LogP contribution < -0.4 is 10.6 Å². The largest absolute Gasteiger partial charge is 0.385 e. The van der Waals surface area contributed by atoms with Crippen molar-refractivity contribution in [2.24, 2.45) is 0 Å². The molecule has 0 saturated heterocycles. The van der Waals surface area contributed by atoms with E-state index < -0.39 is 0 Å². The zero-order valence-corrected chi connectivity index (χ0v) is 13.5. The minimum absolute atomic E-state index is 1.00. The minimum atomic E-state index is 1.00. The van der Waals surface area contributed by atoms with Crippen molar-refractivity contribution in [3.63, 3.8) is 0 Å². The molecule has 116 valence electrons. The lowest BCUT2D eigenvalue weighted by atomic mass is 10.1. The number of unbranched alkanes of at least 4 members (excludes halogenated alkanes) is 1. The molecule has 0 radical (unpaired) electrons. The van der Waals surface area contributed by atoms with Gasteiger partial charge in [0.2, 0.25) is 0 Å². The standard InChI is InChI=1S/C19H25N3/c1-3-22-18-9-5-4-8-16(18)17-14-15(10-11-19(17)22)21-13-7-6-12-20-2/h4-5,8-11,14,20-21H,3,6-7,12-13H2,1-2H3. The number of fused-ring (bicyclic) bond motifs is 3. The maximum Gasteiger partial charge on any atom is 0.0492 e. The average Bonchev–Trinajstić information content (AvgIpc) is 2.88. The number of rotatable bonds is 7. The molecule has 0 saturated carbocycles. The van der Waals surface area contributed by atoms with E-state index in [4.69, 9.17) is 0 Å². The topological polar surface area (TPSA) is 29.0 Å². The summed E-state index contributed by atoms with van der Waals surface area (Å²) in [5, 5.41) is 9.43. The molecule has 0 bridgehead atoms. The summed E-state index contributed by atoms with van der Waals surface area (Å²) in [5.74, 6) is 0. The number of anilines is 1. The minimum Gasteiger partial charge on any atom is -0.385 e. The van der Waals surface area contributed by atoms with Gasteiger partial charge in [0, 0.05) is 40.6 Å². The first-order valence-corrected chi connectivity index (χ1v) is 8.24. The molecule has 1 heterocycles. The molecule has 0 aliphatic heterocycles. The molecule has 0 unspecified atom stereocenters. The Morgan fingerprint density at radius 3 is 2.50 bits per heavy atom. The number of nitrogens with one attached hydrogen (secondary N) is 2. The molecule has 2 aromatic carbocycles. The molecule has 1 aromatic heterocycles. The average molecular weight is 295 g/mol. The van der Waals surface area contributed by atoms with Crippen LogP contribution in [0.15, 0.2) is 42.5 Å². The van der Waals surface area contributed by atoms with Crippen molar-refractivity contribution in [3.8, 4) is 0 Å². The molecule has 3 heteroatoms. The van der Waals surface area contributed by atoms with Crippen LogP contribution in [-0.4, -0.2) is 24.7 Å². The van der Waals surface area contributed by atoms with Gasteiger partial charge in [-0.1, -0.05) is 18.2 Å². The van der Waals surface area contributed by atoms with Crippen LogP contribution in [0.5, 0.6) is 0 Å². The van der Waals surface area contributed by atoms with Gasteiger partial charge in [-0.3, -0.25) is 0 Å². The monoisotopic (exact) mass is 295 g/mol. The Bertz CT molecular complexity index is 758. The van der Waals surface area contributed by atoms with Gasteiger partial charge in [0.25, 0.3) is 0 Å². The normalized spacial score (nSPS) is 11.4. The van der Waals surface area contributed by atoms with Crippen molar-refractivity contribution < 1.29 is 0 Å². The Morgan fingerprint density at radius 2 is 1.68 bits per heavy atom. The van der Waals surface area contributed by atoms with Gasteiger partial charge in [0.05, 0.1) is 0 Å². The fourth-order valence-electron chi connectivity index (χ4n) is 3.16. The fraction of sp³-hybridized carbons (Fsp3) is 0.368. The zero-order valence-electron chi connectivity index (χ0n) is 13.5. The van der Waals surface area contributed by atoms with Crippen LogP contribution in [0, 0.1) is 0 Å². The van der Waals surface area contributed by atoms with Gasteiger partial charge in [-0.25, -0.2) is 0 Å². The van der Waals surface area contributed by atoms with Gasteiger partial charge in [-0.15, -0.1) is 0 Å².